The summed E-state index contributed by atoms with van der Waals surface area (Å²) >= 11 is 0. The van der Waals surface area contributed by atoms with Crippen molar-refractivity contribution >= 4 is 27.9 Å². The highest BCUT2D eigenvalue weighted by Gasteiger charge is 2.44. The van der Waals surface area contributed by atoms with Crippen LogP contribution in [-0.2, 0) is 19.6 Å². The normalized spacial score (nSPS) is 21.0. The number of nitrogens with zero attached hydrogens (tertiary/aromatic N) is 4. The van der Waals surface area contributed by atoms with Crippen LogP contribution in [0.25, 0.3) is 0 Å². The molecule has 0 unspecified atom stereocenters. The molecule has 0 radical (unpaired) electrons. The summed E-state index contributed by atoms with van der Waals surface area (Å²) in [7, 11) is -3.74. The van der Waals surface area contributed by atoms with Gasteiger partial charge in [-0.25, -0.2) is 18.1 Å². The number of fused-ring (bicyclic) bond motifs is 1. The van der Waals surface area contributed by atoms with Gasteiger partial charge in [-0.15, -0.1) is 0 Å². The molecule has 0 aliphatic carbocycles. The minimum atomic E-state index is -3.74. The van der Waals surface area contributed by atoms with Crippen molar-refractivity contribution in [2.75, 3.05) is 52.6 Å². The third-order valence-corrected chi connectivity index (χ3v) is 7.38. The highest BCUT2D eigenvalue weighted by Crippen LogP contribution is 2.33. The smallest absolute Gasteiger partial charge is 0.335 e. The maximum absolute atomic E-state index is 13.1. The Morgan fingerprint density at radius 1 is 0.903 bits per heavy atom. The quantitative estimate of drug-likeness (QED) is 0.450. The van der Waals surface area contributed by atoms with Crippen LogP contribution in [-0.4, -0.2) is 97.9 Å². The number of ether oxygens (including phenoxy) is 2. The summed E-state index contributed by atoms with van der Waals surface area (Å²) in [5, 5.41) is 0. The fourth-order valence-corrected chi connectivity index (χ4v) is 5.16. The van der Waals surface area contributed by atoms with Crippen LogP contribution in [0.15, 0.2) is 23.1 Å². The van der Waals surface area contributed by atoms with Crippen molar-refractivity contribution in [2.24, 2.45) is 0 Å². The molecule has 4 amide bonds. The summed E-state index contributed by atoms with van der Waals surface area (Å²) in [6.07, 6.45) is 0.725. The average molecular weight is 452 g/mol. The van der Waals surface area contributed by atoms with Crippen LogP contribution in [0.1, 0.15) is 13.3 Å². The predicted molar refractivity (Wildman–Crippen MR) is 107 cm³/mol. The summed E-state index contributed by atoms with van der Waals surface area (Å²) in [6, 6.07) is 3.95. The first-order chi connectivity index (χ1) is 14.8. The van der Waals surface area contributed by atoms with Gasteiger partial charge in [-0.3, -0.25) is 19.4 Å². The molecule has 0 atom stereocenters. The van der Waals surface area contributed by atoms with E-state index in [0.717, 1.165) is 16.2 Å². The Labute approximate surface area is 180 Å². The van der Waals surface area contributed by atoms with Crippen LogP contribution >= 0.6 is 0 Å². The molecule has 12 heteroatoms. The number of hydrogen-bond acceptors (Lipinski definition) is 8. The Morgan fingerprint density at radius 2 is 1.55 bits per heavy atom. The predicted octanol–water partition coefficient (Wildman–Crippen LogP) is -0.0776. The van der Waals surface area contributed by atoms with E-state index >= 15 is 0 Å². The molecule has 4 rings (SSSR count). The van der Waals surface area contributed by atoms with Crippen molar-refractivity contribution in [3.05, 3.63) is 18.2 Å². The Morgan fingerprint density at radius 3 is 2.19 bits per heavy atom. The number of benzene rings is 1. The van der Waals surface area contributed by atoms with Gasteiger partial charge in [-0.1, -0.05) is 0 Å². The summed E-state index contributed by atoms with van der Waals surface area (Å²) in [5.41, 5.74) is 0. The first-order valence-electron chi connectivity index (χ1n) is 10.1. The third kappa shape index (κ3) is 3.98. The van der Waals surface area contributed by atoms with E-state index in [1.807, 2.05) is 0 Å². The highest BCUT2D eigenvalue weighted by molar-refractivity contribution is 7.89. The van der Waals surface area contributed by atoms with E-state index in [4.69, 9.17) is 9.47 Å². The lowest BCUT2D eigenvalue weighted by molar-refractivity contribution is -0.143. The zero-order valence-corrected chi connectivity index (χ0v) is 18.0. The second kappa shape index (κ2) is 8.44. The van der Waals surface area contributed by atoms with Gasteiger partial charge < -0.3 is 9.47 Å². The first-order valence-corrected chi connectivity index (χ1v) is 11.6. The Hall–Kier alpha value is -2.70. The fourth-order valence-electron chi connectivity index (χ4n) is 3.72. The zero-order valence-electron chi connectivity index (χ0n) is 17.2. The SMILES string of the molecule is CCN1C(=O)C(=O)N(CN2CCN(S(=O)(=O)c3ccc4c(c3)OCCCO4)CC2)C1=O. The zero-order chi connectivity index (χ0) is 22.2. The monoisotopic (exact) mass is 452 g/mol. The van der Waals surface area contributed by atoms with Crippen molar-refractivity contribution in [3.63, 3.8) is 0 Å². The molecule has 0 spiro atoms. The lowest BCUT2D eigenvalue weighted by Crippen LogP contribution is -2.52. The average Bonchev–Trinajstić information content (AvgIpc) is 2.94. The molecule has 2 saturated heterocycles. The lowest BCUT2D eigenvalue weighted by atomic mass is 10.3. The molecule has 0 aromatic heterocycles. The van der Waals surface area contributed by atoms with E-state index in [9.17, 15) is 22.8 Å². The Balaban J connectivity index is 1.40. The van der Waals surface area contributed by atoms with Crippen LogP contribution in [0.3, 0.4) is 0 Å². The molecule has 3 aliphatic rings. The number of likely N-dealkylation sites (N-methyl/N-ethyl adjacent to an activating group) is 1. The number of imide groups is 2. The fraction of sp³-hybridized carbons (Fsp3) is 0.526. The number of urea groups is 1. The van der Waals surface area contributed by atoms with Gasteiger partial charge in [0.15, 0.2) is 11.5 Å². The van der Waals surface area contributed by atoms with Crippen molar-refractivity contribution < 1.29 is 32.3 Å². The molecule has 0 saturated carbocycles. The van der Waals surface area contributed by atoms with E-state index < -0.39 is 27.9 Å². The van der Waals surface area contributed by atoms with Crippen LogP contribution < -0.4 is 9.47 Å². The molecular formula is C19H24N4O7S. The Bertz CT molecular complexity index is 1000. The number of sulfonamides is 1. The summed E-state index contributed by atoms with van der Waals surface area (Å²) in [6.45, 7) is 3.71. The maximum Gasteiger partial charge on any atom is 0.335 e. The number of rotatable bonds is 5. The van der Waals surface area contributed by atoms with Gasteiger partial charge in [0.2, 0.25) is 10.0 Å². The number of carbonyl (C=O) groups is 3. The molecule has 2 fully saturated rings. The lowest BCUT2D eigenvalue weighted by Gasteiger charge is -2.35. The van der Waals surface area contributed by atoms with Crippen LogP contribution in [0.5, 0.6) is 11.5 Å². The van der Waals surface area contributed by atoms with Crippen molar-refractivity contribution in [2.45, 2.75) is 18.2 Å². The second-order valence-corrected chi connectivity index (χ2v) is 9.33. The van der Waals surface area contributed by atoms with Gasteiger partial charge >= 0.3 is 17.8 Å². The number of hydrogen-bond donors (Lipinski definition) is 0. The highest BCUT2D eigenvalue weighted by atomic mass is 32.2. The van der Waals surface area contributed by atoms with Crippen LogP contribution in [0.4, 0.5) is 4.79 Å². The topological polar surface area (TPSA) is 117 Å². The van der Waals surface area contributed by atoms with E-state index in [1.165, 1.54) is 16.4 Å². The summed E-state index contributed by atoms with van der Waals surface area (Å²) in [5.74, 6) is -0.748. The van der Waals surface area contributed by atoms with Gasteiger partial charge in [0.05, 0.1) is 24.8 Å². The molecule has 1 aromatic carbocycles. The summed E-state index contributed by atoms with van der Waals surface area (Å²) in [4.78, 5) is 39.9. The van der Waals surface area contributed by atoms with Crippen molar-refractivity contribution in [1.82, 2.24) is 19.0 Å². The first kappa shape index (κ1) is 21.5. The number of amides is 4. The minimum Gasteiger partial charge on any atom is -0.490 e. The molecular weight excluding hydrogens is 428 g/mol. The van der Waals surface area contributed by atoms with Crippen LogP contribution in [0, 0.1) is 0 Å². The summed E-state index contributed by atoms with van der Waals surface area (Å²) < 4.78 is 38.7. The molecule has 0 bridgehead atoms. The molecule has 3 aliphatic heterocycles. The number of piperazine rings is 1. The maximum atomic E-state index is 13.1. The van der Waals surface area contributed by atoms with E-state index in [-0.39, 0.29) is 31.2 Å². The van der Waals surface area contributed by atoms with Gasteiger partial charge in [-0.2, -0.15) is 4.31 Å². The van der Waals surface area contributed by atoms with Gasteiger partial charge in [0.25, 0.3) is 0 Å². The van der Waals surface area contributed by atoms with Gasteiger partial charge in [0.1, 0.15) is 0 Å². The molecule has 0 N–H and O–H groups in total. The third-order valence-electron chi connectivity index (χ3n) is 5.48. The molecule has 11 nitrogen and oxygen atoms in total. The van der Waals surface area contributed by atoms with E-state index in [2.05, 4.69) is 0 Å². The Kier molecular flexibility index (Phi) is 5.86. The molecule has 1 aromatic rings. The van der Waals surface area contributed by atoms with E-state index in [0.29, 0.717) is 37.8 Å². The second-order valence-electron chi connectivity index (χ2n) is 7.39. The van der Waals surface area contributed by atoms with Gasteiger partial charge in [-0.05, 0) is 19.1 Å². The van der Waals surface area contributed by atoms with Crippen molar-refractivity contribution in [3.8, 4) is 11.5 Å². The largest absolute Gasteiger partial charge is 0.490 e. The van der Waals surface area contributed by atoms with Crippen LogP contribution in [0.2, 0.25) is 0 Å². The molecule has 31 heavy (non-hydrogen) atoms. The van der Waals surface area contributed by atoms with Crippen molar-refractivity contribution in [1.29, 1.82) is 0 Å². The standard InChI is InChI=1S/C19H24N4O7S/c1-2-22-17(24)18(25)23(19(22)26)13-20-6-8-21(9-7-20)31(27,28)14-4-5-15-16(12-14)30-11-3-10-29-15/h4-5,12H,2-3,6-11,13H2,1H3. The van der Waals surface area contributed by atoms with E-state index in [1.54, 1.807) is 17.9 Å². The number of carbonyl (C=O) groups excluding carboxylic acids is 3. The molecule has 168 valence electrons. The molecule has 3 heterocycles. The van der Waals surface area contributed by atoms with Gasteiger partial charge in [0, 0.05) is 45.2 Å². The minimum absolute atomic E-state index is 0.0438.